The molecule has 1 amide bonds. The molecule has 1 fully saturated rings. The Bertz CT molecular complexity index is 852. The number of carbonyl (C=O) groups is 1. The third-order valence-electron chi connectivity index (χ3n) is 4.64. The number of oxazole rings is 1. The zero-order valence-corrected chi connectivity index (χ0v) is 14.1. The van der Waals surface area contributed by atoms with Crippen LogP contribution >= 0.6 is 0 Å². The SMILES string of the molecule is Cc1cnn([C@@H]2CCCN(C(=O)c3ccc(-c4cnco4)cc3)C2)c1. The maximum absolute atomic E-state index is 12.8. The van der Waals surface area contributed by atoms with Crippen LogP contribution in [0.4, 0.5) is 0 Å². The molecule has 6 nitrogen and oxygen atoms in total. The van der Waals surface area contributed by atoms with Gasteiger partial charge in [-0.3, -0.25) is 9.48 Å². The molecule has 128 valence electrons. The Balaban J connectivity index is 1.48. The van der Waals surface area contributed by atoms with Crippen molar-refractivity contribution >= 4 is 5.91 Å². The lowest BCUT2D eigenvalue weighted by Crippen LogP contribution is -2.40. The molecule has 1 saturated heterocycles. The Morgan fingerprint density at radius 3 is 2.76 bits per heavy atom. The predicted octanol–water partition coefficient (Wildman–Crippen LogP) is 3.32. The zero-order chi connectivity index (χ0) is 17.2. The van der Waals surface area contributed by atoms with Crippen LogP contribution in [-0.2, 0) is 0 Å². The molecule has 1 aromatic carbocycles. The first-order chi connectivity index (χ1) is 12.2. The maximum atomic E-state index is 12.8. The van der Waals surface area contributed by atoms with E-state index in [1.165, 1.54) is 6.39 Å². The van der Waals surface area contributed by atoms with Gasteiger partial charge in [-0.25, -0.2) is 4.98 Å². The molecule has 1 atom stereocenters. The summed E-state index contributed by atoms with van der Waals surface area (Å²) in [5.74, 6) is 0.767. The van der Waals surface area contributed by atoms with Gasteiger partial charge in [-0.1, -0.05) is 12.1 Å². The van der Waals surface area contributed by atoms with Gasteiger partial charge in [-0.15, -0.1) is 0 Å². The molecule has 0 radical (unpaired) electrons. The van der Waals surface area contributed by atoms with Crippen molar-refractivity contribution in [2.45, 2.75) is 25.8 Å². The van der Waals surface area contributed by atoms with Crippen LogP contribution in [0.15, 0.2) is 53.7 Å². The number of hydrogen-bond donors (Lipinski definition) is 0. The van der Waals surface area contributed by atoms with Gasteiger partial charge in [0.25, 0.3) is 5.91 Å². The maximum Gasteiger partial charge on any atom is 0.253 e. The molecule has 25 heavy (non-hydrogen) atoms. The lowest BCUT2D eigenvalue weighted by Gasteiger charge is -2.33. The summed E-state index contributed by atoms with van der Waals surface area (Å²) in [5.41, 5.74) is 2.75. The van der Waals surface area contributed by atoms with Gasteiger partial charge in [-0.05, 0) is 37.5 Å². The molecule has 1 aliphatic heterocycles. The van der Waals surface area contributed by atoms with E-state index >= 15 is 0 Å². The minimum absolute atomic E-state index is 0.0673. The molecular formula is C19H20N4O2. The monoisotopic (exact) mass is 336 g/mol. The number of piperidine rings is 1. The minimum Gasteiger partial charge on any atom is -0.444 e. The van der Waals surface area contributed by atoms with Crippen molar-refractivity contribution in [2.24, 2.45) is 0 Å². The van der Waals surface area contributed by atoms with Gasteiger partial charge in [0, 0.05) is 30.4 Å². The van der Waals surface area contributed by atoms with Gasteiger partial charge in [0.2, 0.25) is 0 Å². The Labute approximate surface area is 146 Å². The van der Waals surface area contributed by atoms with Crippen molar-refractivity contribution < 1.29 is 9.21 Å². The van der Waals surface area contributed by atoms with Crippen LogP contribution in [0, 0.1) is 6.92 Å². The highest BCUT2D eigenvalue weighted by molar-refractivity contribution is 5.94. The third-order valence-corrected chi connectivity index (χ3v) is 4.64. The second-order valence-electron chi connectivity index (χ2n) is 6.49. The van der Waals surface area contributed by atoms with Crippen molar-refractivity contribution in [1.82, 2.24) is 19.7 Å². The molecule has 2 aromatic heterocycles. The van der Waals surface area contributed by atoms with E-state index in [0.29, 0.717) is 17.9 Å². The molecule has 0 spiro atoms. The molecule has 4 rings (SSSR count). The number of aryl methyl sites for hydroxylation is 1. The molecule has 6 heteroatoms. The van der Waals surface area contributed by atoms with Crippen LogP contribution in [0.5, 0.6) is 0 Å². The summed E-state index contributed by atoms with van der Waals surface area (Å²) in [6.45, 7) is 3.52. The first kappa shape index (κ1) is 15.6. The number of nitrogens with zero attached hydrogens (tertiary/aromatic N) is 4. The molecule has 0 unspecified atom stereocenters. The highest BCUT2D eigenvalue weighted by atomic mass is 16.3. The van der Waals surface area contributed by atoms with E-state index in [4.69, 9.17) is 4.42 Å². The van der Waals surface area contributed by atoms with E-state index in [1.54, 1.807) is 6.20 Å². The first-order valence-corrected chi connectivity index (χ1v) is 8.49. The van der Waals surface area contributed by atoms with Crippen molar-refractivity contribution in [3.8, 4) is 11.3 Å². The summed E-state index contributed by atoms with van der Waals surface area (Å²) >= 11 is 0. The van der Waals surface area contributed by atoms with Crippen LogP contribution in [0.3, 0.4) is 0 Å². The number of rotatable bonds is 3. The van der Waals surface area contributed by atoms with E-state index in [2.05, 4.69) is 10.1 Å². The van der Waals surface area contributed by atoms with Crippen LogP contribution in [0.1, 0.15) is 34.8 Å². The quantitative estimate of drug-likeness (QED) is 0.736. The smallest absolute Gasteiger partial charge is 0.253 e. The standard InChI is InChI=1S/C19H20N4O2/c1-14-9-21-23(11-14)17-3-2-8-22(12-17)19(24)16-6-4-15(5-7-16)18-10-20-13-25-18/h4-7,9-11,13,17H,2-3,8,12H2,1H3/t17-/m1/s1. The Hall–Kier alpha value is -2.89. The van der Waals surface area contributed by atoms with Gasteiger partial charge in [0.05, 0.1) is 18.4 Å². The van der Waals surface area contributed by atoms with E-state index in [-0.39, 0.29) is 11.9 Å². The molecule has 1 aliphatic rings. The number of likely N-dealkylation sites (tertiary alicyclic amines) is 1. The van der Waals surface area contributed by atoms with Gasteiger partial charge in [-0.2, -0.15) is 5.10 Å². The zero-order valence-electron chi connectivity index (χ0n) is 14.1. The summed E-state index contributed by atoms with van der Waals surface area (Å²) in [6.07, 6.45) is 9.02. The topological polar surface area (TPSA) is 64.2 Å². The number of carbonyl (C=O) groups excluding carboxylic acids is 1. The van der Waals surface area contributed by atoms with E-state index in [9.17, 15) is 4.79 Å². The van der Waals surface area contributed by atoms with Gasteiger partial charge in [0.15, 0.2) is 12.2 Å². The second-order valence-corrected chi connectivity index (χ2v) is 6.49. The average molecular weight is 336 g/mol. The molecule has 0 saturated carbocycles. The Morgan fingerprint density at radius 1 is 1.24 bits per heavy atom. The predicted molar refractivity (Wildman–Crippen MR) is 93.1 cm³/mol. The fraction of sp³-hybridized carbons (Fsp3) is 0.316. The summed E-state index contributed by atoms with van der Waals surface area (Å²) in [4.78, 5) is 18.7. The van der Waals surface area contributed by atoms with Crippen LogP contribution < -0.4 is 0 Å². The van der Waals surface area contributed by atoms with Crippen LogP contribution in [0.25, 0.3) is 11.3 Å². The third kappa shape index (κ3) is 3.20. The van der Waals surface area contributed by atoms with Crippen molar-refractivity contribution in [1.29, 1.82) is 0 Å². The number of hydrogen-bond acceptors (Lipinski definition) is 4. The Morgan fingerprint density at radius 2 is 2.08 bits per heavy atom. The number of amides is 1. The molecular weight excluding hydrogens is 316 g/mol. The number of benzene rings is 1. The first-order valence-electron chi connectivity index (χ1n) is 8.49. The summed E-state index contributed by atoms with van der Waals surface area (Å²) in [5, 5.41) is 4.41. The summed E-state index contributed by atoms with van der Waals surface area (Å²) < 4.78 is 7.27. The second kappa shape index (κ2) is 6.55. The molecule has 3 aromatic rings. The minimum atomic E-state index is 0.0673. The number of aromatic nitrogens is 3. The summed E-state index contributed by atoms with van der Waals surface area (Å²) in [6, 6.07) is 7.74. The van der Waals surface area contributed by atoms with Crippen LogP contribution in [-0.4, -0.2) is 38.7 Å². The highest BCUT2D eigenvalue weighted by Crippen LogP contribution is 2.24. The van der Waals surface area contributed by atoms with Crippen LogP contribution in [0.2, 0.25) is 0 Å². The van der Waals surface area contributed by atoms with Gasteiger partial charge >= 0.3 is 0 Å². The highest BCUT2D eigenvalue weighted by Gasteiger charge is 2.26. The van der Waals surface area contributed by atoms with E-state index in [1.807, 2.05) is 53.2 Å². The van der Waals surface area contributed by atoms with Gasteiger partial charge in [0.1, 0.15) is 0 Å². The molecule has 0 bridgehead atoms. The molecule has 0 N–H and O–H groups in total. The largest absolute Gasteiger partial charge is 0.444 e. The Kier molecular flexibility index (Phi) is 4.09. The average Bonchev–Trinajstić information content (AvgIpc) is 3.33. The van der Waals surface area contributed by atoms with Gasteiger partial charge < -0.3 is 9.32 Å². The van der Waals surface area contributed by atoms with E-state index in [0.717, 1.165) is 30.5 Å². The lowest BCUT2D eigenvalue weighted by atomic mass is 10.0. The molecule has 0 aliphatic carbocycles. The fourth-order valence-electron chi connectivity index (χ4n) is 3.31. The van der Waals surface area contributed by atoms with Crippen molar-refractivity contribution in [3.63, 3.8) is 0 Å². The fourth-order valence-corrected chi connectivity index (χ4v) is 3.31. The van der Waals surface area contributed by atoms with Crippen molar-refractivity contribution in [3.05, 3.63) is 60.4 Å². The van der Waals surface area contributed by atoms with E-state index < -0.39 is 0 Å². The summed E-state index contributed by atoms with van der Waals surface area (Å²) in [7, 11) is 0. The lowest BCUT2D eigenvalue weighted by molar-refractivity contribution is 0.0673. The normalized spacial score (nSPS) is 17.6. The molecule has 3 heterocycles. The van der Waals surface area contributed by atoms with Crippen molar-refractivity contribution in [2.75, 3.05) is 13.1 Å².